The smallest absolute Gasteiger partial charge is 0.0511 e. The van der Waals surface area contributed by atoms with E-state index >= 15 is 0 Å². The van der Waals surface area contributed by atoms with Crippen LogP contribution < -0.4 is 10.6 Å². The average Bonchev–Trinajstić information content (AvgIpc) is 2.05. The zero-order valence-electron chi connectivity index (χ0n) is 7.29. The van der Waals surface area contributed by atoms with E-state index in [-0.39, 0.29) is 0 Å². The number of hydrogen-bond acceptors (Lipinski definition) is 4. The first-order valence-corrected chi connectivity index (χ1v) is 4.38. The molecule has 0 radical (unpaired) electrons. The fourth-order valence-corrected chi connectivity index (χ4v) is 0.932. The molecule has 0 saturated heterocycles. The van der Waals surface area contributed by atoms with Crippen LogP contribution >= 0.6 is 0 Å². The van der Waals surface area contributed by atoms with Crippen molar-refractivity contribution in [3.63, 3.8) is 0 Å². The Balaban J connectivity index is 2.18. The van der Waals surface area contributed by atoms with Crippen LogP contribution in [0.3, 0.4) is 0 Å². The number of nitrogens with zero attached hydrogens (tertiary/aromatic N) is 2. The molecular formula is C8H16N4. The summed E-state index contributed by atoms with van der Waals surface area (Å²) in [6, 6.07) is 0. The molecular weight excluding hydrogens is 152 g/mol. The standard InChI is InChI=1S/C8H16N4/c1-2-10-5-6-12-8-7-11-4-3-9-1/h1,8,10-11H,2-7H2. The van der Waals surface area contributed by atoms with Crippen molar-refractivity contribution < 1.29 is 0 Å². The Hall–Kier alpha value is -0.740. The second kappa shape index (κ2) is 6.94. The number of nitrogens with one attached hydrogen (secondary N) is 2. The van der Waals surface area contributed by atoms with Gasteiger partial charge in [0.2, 0.25) is 0 Å². The molecule has 0 unspecified atom stereocenters. The molecule has 4 nitrogen and oxygen atoms in total. The summed E-state index contributed by atoms with van der Waals surface area (Å²) in [5.74, 6) is 0. The van der Waals surface area contributed by atoms with Gasteiger partial charge in [-0.2, -0.15) is 0 Å². The lowest BCUT2D eigenvalue weighted by Crippen LogP contribution is -2.23. The Morgan fingerprint density at radius 3 is 1.83 bits per heavy atom. The van der Waals surface area contributed by atoms with Gasteiger partial charge in [-0.1, -0.05) is 0 Å². The molecule has 0 aromatic heterocycles. The first-order chi connectivity index (χ1) is 6.00. The zero-order chi connectivity index (χ0) is 8.49. The minimum absolute atomic E-state index is 0.857. The summed E-state index contributed by atoms with van der Waals surface area (Å²) in [6.45, 7) is 5.29. The molecule has 1 aliphatic heterocycles. The molecule has 1 aliphatic rings. The van der Waals surface area contributed by atoms with E-state index in [2.05, 4.69) is 20.6 Å². The number of hydrogen-bond donors (Lipinski definition) is 2. The van der Waals surface area contributed by atoms with Crippen molar-refractivity contribution in [2.75, 3.05) is 39.3 Å². The van der Waals surface area contributed by atoms with Crippen molar-refractivity contribution in [1.82, 2.24) is 10.6 Å². The lowest BCUT2D eigenvalue weighted by Gasteiger charge is -2.01. The highest BCUT2D eigenvalue weighted by molar-refractivity contribution is 5.60. The van der Waals surface area contributed by atoms with Gasteiger partial charge >= 0.3 is 0 Å². The van der Waals surface area contributed by atoms with Crippen LogP contribution in [-0.4, -0.2) is 51.7 Å². The third kappa shape index (κ3) is 4.98. The van der Waals surface area contributed by atoms with E-state index < -0.39 is 0 Å². The van der Waals surface area contributed by atoms with Gasteiger partial charge in [-0.15, -0.1) is 0 Å². The molecule has 0 atom stereocenters. The van der Waals surface area contributed by atoms with Crippen LogP contribution in [0, 0.1) is 0 Å². The second-order valence-electron chi connectivity index (χ2n) is 2.59. The predicted octanol–water partition coefficient (Wildman–Crippen LogP) is -0.679. The van der Waals surface area contributed by atoms with E-state index in [1.54, 1.807) is 0 Å². The topological polar surface area (TPSA) is 48.8 Å². The van der Waals surface area contributed by atoms with Crippen LogP contribution in [0.15, 0.2) is 9.98 Å². The van der Waals surface area contributed by atoms with Crippen molar-refractivity contribution in [3.8, 4) is 0 Å². The van der Waals surface area contributed by atoms with Gasteiger partial charge in [0.15, 0.2) is 0 Å². The Kier molecular flexibility index (Phi) is 5.41. The second-order valence-corrected chi connectivity index (χ2v) is 2.59. The highest BCUT2D eigenvalue weighted by Crippen LogP contribution is 1.70. The van der Waals surface area contributed by atoms with Crippen LogP contribution in [0.4, 0.5) is 0 Å². The molecule has 0 aliphatic carbocycles. The summed E-state index contributed by atoms with van der Waals surface area (Å²) in [7, 11) is 0. The molecule has 0 spiro atoms. The van der Waals surface area contributed by atoms with Crippen molar-refractivity contribution in [2.45, 2.75) is 0 Å². The summed E-state index contributed by atoms with van der Waals surface area (Å²) in [5, 5.41) is 6.44. The predicted molar refractivity (Wildman–Crippen MR) is 52.5 cm³/mol. The quantitative estimate of drug-likeness (QED) is 0.503. The Morgan fingerprint density at radius 2 is 1.33 bits per heavy atom. The maximum absolute atomic E-state index is 4.21. The van der Waals surface area contributed by atoms with E-state index in [1.165, 1.54) is 0 Å². The Labute approximate surface area is 73.2 Å². The maximum atomic E-state index is 4.21. The summed E-state index contributed by atoms with van der Waals surface area (Å²) < 4.78 is 0. The van der Waals surface area contributed by atoms with Crippen LogP contribution in [0.1, 0.15) is 0 Å². The van der Waals surface area contributed by atoms with Crippen molar-refractivity contribution in [2.24, 2.45) is 9.98 Å². The number of aliphatic imine (C=N–C) groups is 2. The van der Waals surface area contributed by atoms with Crippen molar-refractivity contribution in [1.29, 1.82) is 0 Å². The van der Waals surface area contributed by atoms with Gasteiger partial charge < -0.3 is 10.6 Å². The van der Waals surface area contributed by atoms with E-state index in [9.17, 15) is 0 Å². The monoisotopic (exact) mass is 168 g/mol. The molecule has 4 heteroatoms. The molecule has 12 heavy (non-hydrogen) atoms. The lowest BCUT2D eigenvalue weighted by molar-refractivity contribution is 0.746. The molecule has 1 heterocycles. The minimum atomic E-state index is 0.857. The highest BCUT2D eigenvalue weighted by Gasteiger charge is 1.85. The molecule has 0 aromatic carbocycles. The Morgan fingerprint density at radius 1 is 0.833 bits per heavy atom. The Bertz CT molecular complexity index is 119. The maximum Gasteiger partial charge on any atom is 0.0511 e. The van der Waals surface area contributed by atoms with Gasteiger partial charge in [0.1, 0.15) is 0 Å². The molecule has 0 aromatic rings. The summed E-state index contributed by atoms with van der Waals surface area (Å²) in [5.41, 5.74) is 0. The average molecular weight is 168 g/mol. The fraction of sp³-hybridized carbons (Fsp3) is 0.750. The van der Waals surface area contributed by atoms with Crippen LogP contribution in [0.2, 0.25) is 0 Å². The van der Waals surface area contributed by atoms with Gasteiger partial charge in [0.05, 0.1) is 13.1 Å². The van der Waals surface area contributed by atoms with Crippen LogP contribution in [0.25, 0.3) is 0 Å². The summed E-state index contributed by atoms with van der Waals surface area (Å²) in [6.07, 6.45) is 3.85. The molecule has 0 saturated carbocycles. The van der Waals surface area contributed by atoms with Crippen molar-refractivity contribution in [3.05, 3.63) is 0 Å². The third-order valence-electron chi connectivity index (χ3n) is 1.56. The van der Waals surface area contributed by atoms with Crippen LogP contribution in [-0.2, 0) is 0 Å². The molecule has 0 amide bonds. The first-order valence-electron chi connectivity index (χ1n) is 4.38. The molecule has 0 bridgehead atoms. The molecule has 0 fully saturated rings. The van der Waals surface area contributed by atoms with Crippen LogP contribution in [0.5, 0.6) is 0 Å². The van der Waals surface area contributed by atoms with E-state index in [1.807, 2.05) is 12.4 Å². The molecule has 1 rings (SSSR count). The minimum Gasteiger partial charge on any atom is -0.310 e. The van der Waals surface area contributed by atoms with Gasteiger partial charge in [0.25, 0.3) is 0 Å². The van der Waals surface area contributed by atoms with Crippen molar-refractivity contribution >= 4 is 12.4 Å². The normalized spacial score (nSPS) is 21.3. The van der Waals surface area contributed by atoms with Gasteiger partial charge in [-0.3, -0.25) is 9.98 Å². The van der Waals surface area contributed by atoms with Gasteiger partial charge in [-0.05, 0) is 0 Å². The van der Waals surface area contributed by atoms with E-state index in [0.29, 0.717) is 0 Å². The SMILES string of the molecule is C1=NCCNCC=NCCNC1. The summed E-state index contributed by atoms with van der Waals surface area (Å²) >= 11 is 0. The van der Waals surface area contributed by atoms with E-state index in [4.69, 9.17) is 0 Å². The fourth-order valence-electron chi connectivity index (χ4n) is 0.932. The lowest BCUT2D eigenvalue weighted by atomic mass is 10.5. The molecule has 2 N–H and O–H groups in total. The number of rotatable bonds is 0. The zero-order valence-corrected chi connectivity index (χ0v) is 7.29. The van der Waals surface area contributed by atoms with Gasteiger partial charge in [0, 0.05) is 38.6 Å². The largest absolute Gasteiger partial charge is 0.310 e. The van der Waals surface area contributed by atoms with Gasteiger partial charge in [-0.25, -0.2) is 0 Å². The summed E-state index contributed by atoms with van der Waals surface area (Å²) in [4.78, 5) is 8.42. The third-order valence-corrected chi connectivity index (χ3v) is 1.56. The molecule has 68 valence electrons. The van der Waals surface area contributed by atoms with E-state index in [0.717, 1.165) is 39.3 Å². The first kappa shape index (κ1) is 9.35. The highest BCUT2D eigenvalue weighted by atomic mass is 14.9.